The lowest BCUT2D eigenvalue weighted by molar-refractivity contribution is 0.0303. The average molecular weight is 443 g/mol. The Balaban J connectivity index is 0.00000225. The van der Waals surface area contributed by atoms with Gasteiger partial charge in [-0.05, 0) is 18.2 Å². The molecule has 4 rings (SSSR count). The summed E-state index contributed by atoms with van der Waals surface area (Å²) >= 11 is 12.2. The van der Waals surface area contributed by atoms with Crippen LogP contribution in [0.25, 0.3) is 11.0 Å². The highest BCUT2D eigenvalue weighted by Gasteiger charge is 2.24. The number of ether oxygens (including phenoxy) is 1. The number of nitrogens with one attached hydrogen (secondary N) is 1. The fourth-order valence-electron chi connectivity index (χ4n) is 3.08. The van der Waals surface area contributed by atoms with Crippen molar-refractivity contribution in [3.63, 3.8) is 0 Å². The third-order valence-corrected chi connectivity index (χ3v) is 5.00. The fraction of sp³-hybridized carbons (Fsp3) is 0.278. The predicted octanol–water partition coefficient (Wildman–Crippen LogP) is 3.91. The second-order valence-electron chi connectivity index (χ2n) is 6.23. The Morgan fingerprint density at radius 1 is 1.21 bits per heavy atom. The van der Waals surface area contributed by atoms with Crippen molar-refractivity contribution in [2.45, 2.75) is 0 Å². The summed E-state index contributed by atoms with van der Waals surface area (Å²) in [7, 11) is 1.85. The topological polar surface area (TPSA) is 72.3 Å². The van der Waals surface area contributed by atoms with E-state index in [1.54, 1.807) is 35.6 Å². The van der Waals surface area contributed by atoms with Crippen LogP contribution in [0.1, 0.15) is 10.4 Å². The number of imidazole rings is 1. The van der Waals surface area contributed by atoms with Gasteiger partial charge in [0.1, 0.15) is 5.52 Å². The van der Waals surface area contributed by atoms with E-state index >= 15 is 0 Å². The minimum absolute atomic E-state index is 0. The van der Waals surface area contributed by atoms with Crippen molar-refractivity contribution in [2.24, 2.45) is 7.05 Å². The molecule has 3 heterocycles. The molecule has 1 fully saturated rings. The molecule has 1 amide bonds. The van der Waals surface area contributed by atoms with Crippen LogP contribution in [-0.2, 0) is 11.8 Å². The van der Waals surface area contributed by atoms with Crippen LogP contribution < -0.4 is 5.32 Å². The molecule has 0 spiro atoms. The molecule has 148 valence electrons. The normalized spacial score (nSPS) is 14.0. The first-order valence-corrected chi connectivity index (χ1v) is 9.19. The van der Waals surface area contributed by atoms with Gasteiger partial charge in [-0.15, -0.1) is 12.4 Å². The zero-order chi connectivity index (χ0) is 19.0. The molecule has 1 N–H and O–H groups in total. The predicted molar refractivity (Wildman–Crippen MR) is 112 cm³/mol. The summed E-state index contributed by atoms with van der Waals surface area (Å²) in [6.07, 6.45) is 3.24. The van der Waals surface area contributed by atoms with Gasteiger partial charge in [-0.1, -0.05) is 23.2 Å². The van der Waals surface area contributed by atoms with Crippen LogP contribution in [0.2, 0.25) is 10.0 Å². The van der Waals surface area contributed by atoms with Gasteiger partial charge < -0.3 is 19.5 Å². The van der Waals surface area contributed by atoms with Crippen LogP contribution >= 0.6 is 35.6 Å². The zero-order valence-corrected chi connectivity index (χ0v) is 17.3. The quantitative estimate of drug-likeness (QED) is 0.666. The number of hydrogen-bond acceptors (Lipinski definition) is 5. The SMILES string of the molecule is Cl.Cn1cnc2c(Nc3ccc(Cl)cc3Cl)ncc(C(=O)N3CCOCC3)c21. The highest BCUT2D eigenvalue weighted by Crippen LogP contribution is 2.31. The molecule has 2 aromatic heterocycles. The van der Waals surface area contributed by atoms with Gasteiger partial charge in [0.2, 0.25) is 0 Å². The van der Waals surface area contributed by atoms with Gasteiger partial charge >= 0.3 is 0 Å². The van der Waals surface area contributed by atoms with E-state index in [2.05, 4.69) is 15.3 Å². The number of nitrogens with zero attached hydrogens (tertiary/aromatic N) is 4. The number of fused-ring (bicyclic) bond motifs is 1. The lowest BCUT2D eigenvalue weighted by atomic mass is 10.2. The third-order valence-electron chi connectivity index (χ3n) is 4.45. The maximum absolute atomic E-state index is 13.0. The summed E-state index contributed by atoms with van der Waals surface area (Å²) in [5.41, 5.74) is 2.49. The van der Waals surface area contributed by atoms with Gasteiger partial charge in [0.25, 0.3) is 5.91 Å². The molecule has 0 atom stereocenters. The van der Waals surface area contributed by atoms with Gasteiger partial charge in [-0.25, -0.2) is 9.97 Å². The van der Waals surface area contributed by atoms with Crippen molar-refractivity contribution in [2.75, 3.05) is 31.6 Å². The molecule has 1 saturated heterocycles. The molecule has 1 aliphatic heterocycles. The van der Waals surface area contributed by atoms with Gasteiger partial charge in [0.05, 0.1) is 41.3 Å². The molecule has 0 bridgehead atoms. The Labute approximate surface area is 178 Å². The van der Waals surface area contributed by atoms with Crippen molar-refractivity contribution in [1.29, 1.82) is 0 Å². The number of carbonyl (C=O) groups is 1. The van der Waals surface area contributed by atoms with E-state index in [1.165, 1.54) is 0 Å². The molecule has 0 saturated carbocycles. The minimum atomic E-state index is -0.0736. The monoisotopic (exact) mass is 441 g/mol. The Kier molecular flexibility index (Phi) is 6.30. The standard InChI is InChI=1S/C18H17Cl2N5O2.ClH/c1-24-10-22-15-16(24)12(18(26)25-4-6-27-7-5-25)9-21-17(15)23-14-3-2-11(19)8-13(14)20;/h2-3,8-10H,4-7H2,1H3,(H,21,23);1H. The molecular formula is C18H18Cl3N5O2. The first-order valence-electron chi connectivity index (χ1n) is 8.43. The van der Waals surface area contributed by atoms with Crippen LogP contribution in [0.4, 0.5) is 11.5 Å². The highest BCUT2D eigenvalue weighted by molar-refractivity contribution is 6.36. The number of hydrogen-bond donors (Lipinski definition) is 1. The number of aryl methyl sites for hydroxylation is 1. The molecule has 1 aromatic carbocycles. The van der Waals surface area contributed by atoms with E-state index in [0.29, 0.717) is 64.5 Å². The Morgan fingerprint density at radius 2 is 1.96 bits per heavy atom. The number of benzene rings is 1. The third kappa shape index (κ3) is 3.89. The molecule has 10 heteroatoms. The molecular weight excluding hydrogens is 425 g/mol. The van der Waals surface area contributed by atoms with E-state index in [4.69, 9.17) is 27.9 Å². The van der Waals surface area contributed by atoms with Gasteiger partial charge in [0, 0.05) is 31.4 Å². The van der Waals surface area contributed by atoms with Crippen molar-refractivity contribution < 1.29 is 9.53 Å². The van der Waals surface area contributed by atoms with Crippen molar-refractivity contribution in [3.05, 3.63) is 46.3 Å². The Bertz CT molecular complexity index is 1020. The molecule has 28 heavy (non-hydrogen) atoms. The van der Waals surface area contributed by atoms with E-state index in [0.717, 1.165) is 0 Å². The summed E-state index contributed by atoms with van der Waals surface area (Å²) in [6.45, 7) is 2.22. The Hall–Kier alpha value is -2.06. The van der Waals surface area contributed by atoms with Crippen molar-refractivity contribution >= 4 is 64.1 Å². The maximum atomic E-state index is 13.0. The lowest BCUT2D eigenvalue weighted by Crippen LogP contribution is -2.40. The van der Waals surface area contributed by atoms with Crippen LogP contribution in [0.15, 0.2) is 30.7 Å². The molecule has 3 aromatic rings. The lowest BCUT2D eigenvalue weighted by Gasteiger charge is -2.27. The molecule has 7 nitrogen and oxygen atoms in total. The largest absolute Gasteiger partial charge is 0.378 e. The zero-order valence-electron chi connectivity index (χ0n) is 15.0. The molecule has 0 radical (unpaired) electrons. The molecule has 0 unspecified atom stereocenters. The van der Waals surface area contributed by atoms with Crippen molar-refractivity contribution in [3.8, 4) is 0 Å². The van der Waals surface area contributed by atoms with E-state index in [9.17, 15) is 4.79 Å². The second kappa shape index (κ2) is 8.53. The van der Waals surface area contributed by atoms with Crippen molar-refractivity contribution in [1.82, 2.24) is 19.4 Å². The number of carbonyl (C=O) groups excluding carboxylic acids is 1. The average Bonchev–Trinajstić information content (AvgIpc) is 3.07. The van der Waals surface area contributed by atoms with E-state index < -0.39 is 0 Å². The number of pyridine rings is 1. The highest BCUT2D eigenvalue weighted by atomic mass is 35.5. The first-order chi connectivity index (χ1) is 13.0. The summed E-state index contributed by atoms with van der Waals surface area (Å²) in [6, 6.07) is 5.16. The number of aromatic nitrogens is 3. The smallest absolute Gasteiger partial charge is 0.257 e. The van der Waals surface area contributed by atoms with Gasteiger partial charge in [-0.3, -0.25) is 4.79 Å². The maximum Gasteiger partial charge on any atom is 0.257 e. The first kappa shape index (κ1) is 20.7. The van der Waals surface area contributed by atoms with E-state index in [1.807, 2.05) is 11.6 Å². The number of morpholine rings is 1. The summed E-state index contributed by atoms with van der Waals surface area (Å²) in [4.78, 5) is 23.6. The minimum Gasteiger partial charge on any atom is -0.378 e. The van der Waals surface area contributed by atoms with Crippen LogP contribution in [-0.4, -0.2) is 51.6 Å². The number of amides is 1. The summed E-state index contributed by atoms with van der Waals surface area (Å²) < 4.78 is 7.15. The summed E-state index contributed by atoms with van der Waals surface area (Å²) in [5.74, 6) is 0.448. The van der Waals surface area contributed by atoms with Crippen LogP contribution in [0, 0.1) is 0 Å². The fourth-order valence-corrected chi connectivity index (χ4v) is 3.53. The Morgan fingerprint density at radius 3 is 2.68 bits per heavy atom. The number of rotatable bonds is 3. The second-order valence-corrected chi connectivity index (χ2v) is 7.07. The molecule has 1 aliphatic rings. The van der Waals surface area contributed by atoms with Crippen LogP contribution in [0.5, 0.6) is 0 Å². The van der Waals surface area contributed by atoms with E-state index in [-0.39, 0.29) is 18.3 Å². The number of halogens is 3. The number of anilines is 2. The molecule has 0 aliphatic carbocycles. The summed E-state index contributed by atoms with van der Waals surface area (Å²) in [5, 5.41) is 4.20. The van der Waals surface area contributed by atoms with Crippen LogP contribution in [0.3, 0.4) is 0 Å². The van der Waals surface area contributed by atoms with Gasteiger partial charge in [0.15, 0.2) is 5.82 Å². The van der Waals surface area contributed by atoms with Gasteiger partial charge in [-0.2, -0.15) is 0 Å².